The van der Waals surface area contributed by atoms with Crippen LogP contribution in [0.1, 0.15) is 23.6 Å². The summed E-state index contributed by atoms with van der Waals surface area (Å²) in [4.78, 5) is 2.46. The van der Waals surface area contributed by atoms with Crippen LogP contribution in [0.4, 0.5) is 5.69 Å². The Morgan fingerprint density at radius 3 is 2.11 bits per heavy atom. The molecule has 3 aromatic rings. The summed E-state index contributed by atoms with van der Waals surface area (Å²) >= 11 is 1.89. The van der Waals surface area contributed by atoms with E-state index in [0.717, 1.165) is 25.4 Å². The van der Waals surface area contributed by atoms with Crippen molar-refractivity contribution >= 4 is 29.6 Å². The first-order chi connectivity index (χ1) is 13.8. The number of anilines is 1. The number of rotatable bonds is 9. The van der Waals surface area contributed by atoms with E-state index in [4.69, 9.17) is 0 Å². The van der Waals surface area contributed by atoms with Gasteiger partial charge in [-0.3, -0.25) is 0 Å². The van der Waals surface area contributed by atoms with E-state index in [1.807, 2.05) is 11.8 Å². The number of hydrogen-bond acceptors (Lipinski definition) is 2. The number of aromatic nitrogens is 1. The van der Waals surface area contributed by atoms with Crippen molar-refractivity contribution in [3.05, 3.63) is 95.8 Å². The molecule has 1 aromatic heterocycles. The molecule has 2 nitrogen and oxygen atoms in total. The van der Waals surface area contributed by atoms with Gasteiger partial charge >= 0.3 is 0 Å². The zero-order valence-corrected chi connectivity index (χ0v) is 17.6. The van der Waals surface area contributed by atoms with Crippen LogP contribution >= 0.6 is 11.8 Å². The Balaban J connectivity index is 1.69. The molecule has 144 valence electrons. The first kappa shape index (κ1) is 20.2. The van der Waals surface area contributed by atoms with Crippen molar-refractivity contribution in [1.29, 1.82) is 0 Å². The summed E-state index contributed by atoms with van der Waals surface area (Å²) in [6, 6.07) is 23.9. The molecular formula is C25H29N2S+. The maximum Gasteiger partial charge on any atom is 0.169 e. The molecule has 0 radical (unpaired) electrons. The molecule has 1 heterocycles. The molecule has 3 rings (SSSR count). The lowest BCUT2D eigenvalue weighted by molar-refractivity contribution is -0.693. The summed E-state index contributed by atoms with van der Waals surface area (Å²) < 4.78 is 2.17. The summed E-state index contributed by atoms with van der Waals surface area (Å²) in [5.41, 5.74) is 5.07. The topological polar surface area (TPSA) is 7.12 Å². The van der Waals surface area contributed by atoms with Crippen molar-refractivity contribution in [3.63, 3.8) is 0 Å². The summed E-state index contributed by atoms with van der Waals surface area (Å²) in [5.74, 6) is 1.13. The summed E-state index contributed by atoms with van der Waals surface area (Å²) in [6.45, 7) is 5.14. The SMILES string of the molecule is CC[n+]1ccc(C=Cc2ccc(N(CCSC)Cc3ccccc3)cc2)cc1. The lowest BCUT2D eigenvalue weighted by Gasteiger charge is -2.25. The fraction of sp³-hybridized carbons (Fsp3) is 0.240. The smallest absolute Gasteiger partial charge is 0.169 e. The predicted octanol–water partition coefficient (Wildman–Crippen LogP) is 5.53. The van der Waals surface area contributed by atoms with E-state index in [0.29, 0.717) is 0 Å². The van der Waals surface area contributed by atoms with E-state index in [1.165, 1.54) is 22.4 Å². The Kier molecular flexibility index (Phi) is 7.74. The van der Waals surface area contributed by atoms with Crippen LogP contribution in [0.15, 0.2) is 79.1 Å². The van der Waals surface area contributed by atoms with Gasteiger partial charge in [-0.25, -0.2) is 4.57 Å². The number of nitrogens with zero attached hydrogens (tertiary/aromatic N) is 2. The molecule has 0 saturated carbocycles. The molecule has 0 atom stereocenters. The van der Waals surface area contributed by atoms with E-state index in [1.54, 1.807) is 0 Å². The van der Waals surface area contributed by atoms with Crippen LogP contribution in [0.25, 0.3) is 12.2 Å². The van der Waals surface area contributed by atoms with Crippen LogP contribution < -0.4 is 9.47 Å². The number of benzene rings is 2. The van der Waals surface area contributed by atoms with Gasteiger partial charge in [0.1, 0.15) is 6.54 Å². The van der Waals surface area contributed by atoms with Gasteiger partial charge in [-0.1, -0.05) is 54.6 Å². The number of hydrogen-bond donors (Lipinski definition) is 0. The van der Waals surface area contributed by atoms with Crippen LogP contribution in [-0.2, 0) is 13.1 Å². The van der Waals surface area contributed by atoms with Gasteiger partial charge < -0.3 is 4.90 Å². The summed E-state index contributed by atoms with van der Waals surface area (Å²) in [5, 5.41) is 0. The maximum absolute atomic E-state index is 2.46. The van der Waals surface area contributed by atoms with Crippen molar-refractivity contribution in [3.8, 4) is 0 Å². The first-order valence-corrected chi connectivity index (χ1v) is 11.2. The van der Waals surface area contributed by atoms with Gasteiger partial charge in [0.25, 0.3) is 0 Å². The third-order valence-electron chi connectivity index (χ3n) is 4.79. The standard InChI is InChI=1S/C25H29N2S/c1-3-26-17-15-23(16-18-26)10-9-22-11-13-25(14-12-22)27(19-20-28-2)21-24-7-5-4-6-8-24/h4-18H,3,19-21H2,1-2H3/q+1. The minimum absolute atomic E-state index is 0.942. The molecule has 28 heavy (non-hydrogen) atoms. The summed E-state index contributed by atoms with van der Waals surface area (Å²) in [7, 11) is 0. The van der Waals surface area contributed by atoms with Gasteiger partial charge in [0.15, 0.2) is 12.4 Å². The normalized spacial score (nSPS) is 11.1. The van der Waals surface area contributed by atoms with E-state index in [9.17, 15) is 0 Å². The molecule has 0 aliphatic heterocycles. The molecule has 0 bridgehead atoms. The maximum atomic E-state index is 2.46. The number of thioether (sulfide) groups is 1. The molecule has 3 heteroatoms. The molecule has 0 unspecified atom stereocenters. The zero-order valence-electron chi connectivity index (χ0n) is 16.8. The summed E-state index contributed by atoms with van der Waals surface area (Å²) in [6.07, 6.45) is 10.8. The quantitative estimate of drug-likeness (QED) is 0.444. The molecular weight excluding hydrogens is 360 g/mol. The second kappa shape index (κ2) is 10.7. The number of aryl methyl sites for hydroxylation is 1. The second-order valence-electron chi connectivity index (χ2n) is 6.79. The third-order valence-corrected chi connectivity index (χ3v) is 5.38. The Labute approximate surface area is 173 Å². The fourth-order valence-corrected chi connectivity index (χ4v) is 3.49. The van der Waals surface area contributed by atoms with Gasteiger partial charge in [-0.15, -0.1) is 0 Å². The van der Waals surface area contributed by atoms with E-state index in [-0.39, 0.29) is 0 Å². The van der Waals surface area contributed by atoms with Gasteiger partial charge in [-0.05, 0) is 42.0 Å². The van der Waals surface area contributed by atoms with Crippen molar-refractivity contribution < 1.29 is 4.57 Å². The monoisotopic (exact) mass is 389 g/mol. The fourth-order valence-electron chi connectivity index (χ4n) is 3.08. The van der Waals surface area contributed by atoms with Gasteiger partial charge in [0, 0.05) is 36.7 Å². The average molecular weight is 390 g/mol. The van der Waals surface area contributed by atoms with Gasteiger partial charge in [-0.2, -0.15) is 11.8 Å². The third kappa shape index (κ3) is 6.00. The van der Waals surface area contributed by atoms with Gasteiger partial charge in [0.05, 0.1) is 0 Å². The Bertz CT molecular complexity index is 855. The van der Waals surface area contributed by atoms with Crippen LogP contribution in [-0.4, -0.2) is 18.6 Å². The predicted molar refractivity (Wildman–Crippen MR) is 124 cm³/mol. The van der Waals surface area contributed by atoms with E-state index in [2.05, 4.69) is 114 Å². The highest BCUT2D eigenvalue weighted by atomic mass is 32.2. The Morgan fingerprint density at radius 2 is 1.50 bits per heavy atom. The van der Waals surface area contributed by atoms with Crippen molar-refractivity contribution in [1.82, 2.24) is 0 Å². The van der Waals surface area contributed by atoms with E-state index >= 15 is 0 Å². The molecule has 2 aromatic carbocycles. The van der Waals surface area contributed by atoms with Crippen molar-refractivity contribution in [2.45, 2.75) is 20.0 Å². The van der Waals surface area contributed by atoms with E-state index < -0.39 is 0 Å². The average Bonchev–Trinajstić information content (AvgIpc) is 2.76. The molecule has 0 saturated heterocycles. The molecule has 0 aliphatic carbocycles. The first-order valence-electron chi connectivity index (χ1n) is 9.83. The highest BCUT2D eigenvalue weighted by Gasteiger charge is 2.07. The minimum atomic E-state index is 0.942. The Hall–Kier alpha value is -2.52. The second-order valence-corrected chi connectivity index (χ2v) is 7.77. The van der Waals surface area contributed by atoms with Crippen molar-refractivity contribution in [2.24, 2.45) is 0 Å². The van der Waals surface area contributed by atoms with Crippen LogP contribution in [0.3, 0.4) is 0 Å². The van der Waals surface area contributed by atoms with Crippen LogP contribution in [0.5, 0.6) is 0 Å². The van der Waals surface area contributed by atoms with Crippen LogP contribution in [0, 0.1) is 0 Å². The zero-order chi connectivity index (χ0) is 19.6. The Morgan fingerprint density at radius 1 is 0.857 bits per heavy atom. The highest BCUT2D eigenvalue weighted by Crippen LogP contribution is 2.20. The minimum Gasteiger partial charge on any atom is -0.366 e. The molecule has 0 spiro atoms. The highest BCUT2D eigenvalue weighted by molar-refractivity contribution is 7.98. The molecule has 0 amide bonds. The number of pyridine rings is 1. The largest absolute Gasteiger partial charge is 0.366 e. The lowest BCUT2D eigenvalue weighted by atomic mass is 10.1. The molecule has 0 fully saturated rings. The molecule has 0 aliphatic rings. The molecule has 0 N–H and O–H groups in total. The van der Waals surface area contributed by atoms with Crippen molar-refractivity contribution in [2.75, 3.05) is 23.5 Å². The van der Waals surface area contributed by atoms with Crippen LogP contribution in [0.2, 0.25) is 0 Å². The van der Waals surface area contributed by atoms with Gasteiger partial charge in [0.2, 0.25) is 0 Å². The lowest BCUT2D eigenvalue weighted by Crippen LogP contribution is -2.30.